The Kier molecular flexibility index (Phi) is 5.16. The van der Waals surface area contributed by atoms with Gasteiger partial charge in [-0.2, -0.15) is 0 Å². The van der Waals surface area contributed by atoms with Crippen LogP contribution in [0.5, 0.6) is 0 Å². The van der Waals surface area contributed by atoms with Crippen LogP contribution in [0.3, 0.4) is 0 Å². The van der Waals surface area contributed by atoms with Crippen molar-refractivity contribution in [1.29, 1.82) is 0 Å². The number of para-hydroxylation sites is 2. The molecule has 4 aliphatic rings. The average Bonchev–Trinajstić information content (AvgIpc) is 3.91. The third-order valence-electron chi connectivity index (χ3n) is 14.5. The normalized spacial score (nSPS) is 26.5. The molecule has 2 nitrogen and oxygen atoms in total. The molecular formula is C50H40N2. The van der Waals surface area contributed by atoms with E-state index in [9.17, 15) is 0 Å². The lowest BCUT2D eigenvalue weighted by Crippen LogP contribution is -2.30. The first-order chi connectivity index (χ1) is 25.2. The van der Waals surface area contributed by atoms with E-state index in [1.165, 1.54) is 101 Å². The first kappa shape index (κ1) is 29.0. The number of hydrogen-bond acceptors (Lipinski definition) is 2. The minimum atomic E-state index is 0.112. The van der Waals surface area contributed by atoms with Gasteiger partial charge in [0.15, 0.2) is 0 Å². The van der Waals surface area contributed by atoms with E-state index in [4.69, 9.17) is 0 Å². The fourth-order valence-electron chi connectivity index (χ4n) is 11.2. The minimum absolute atomic E-state index is 0.112. The summed E-state index contributed by atoms with van der Waals surface area (Å²) in [5.74, 6) is 0. The molecular weight excluding hydrogens is 629 g/mol. The van der Waals surface area contributed by atoms with Gasteiger partial charge in [0, 0.05) is 33.6 Å². The zero-order chi connectivity index (χ0) is 34.8. The molecule has 2 heterocycles. The van der Waals surface area contributed by atoms with Gasteiger partial charge >= 0.3 is 0 Å². The van der Waals surface area contributed by atoms with E-state index >= 15 is 0 Å². The van der Waals surface area contributed by atoms with Crippen LogP contribution >= 0.6 is 0 Å². The average molecular weight is 669 g/mol. The van der Waals surface area contributed by atoms with Gasteiger partial charge in [0.1, 0.15) is 0 Å². The molecule has 0 radical (unpaired) electrons. The van der Waals surface area contributed by atoms with Crippen molar-refractivity contribution in [3.8, 4) is 22.3 Å². The van der Waals surface area contributed by atoms with Gasteiger partial charge in [-0.15, -0.1) is 0 Å². The Hall–Kier alpha value is -5.60. The maximum absolute atomic E-state index is 2.60. The van der Waals surface area contributed by atoms with Crippen molar-refractivity contribution in [1.82, 2.24) is 0 Å². The van der Waals surface area contributed by atoms with Crippen molar-refractivity contribution in [2.45, 2.75) is 62.4 Å². The molecule has 2 saturated carbocycles. The van der Waals surface area contributed by atoms with E-state index in [0.29, 0.717) is 0 Å². The summed E-state index contributed by atoms with van der Waals surface area (Å²) in [7, 11) is 0. The summed E-state index contributed by atoms with van der Waals surface area (Å²) >= 11 is 0. The van der Waals surface area contributed by atoms with Gasteiger partial charge in [-0.25, -0.2) is 0 Å². The number of rotatable bonds is 4. The lowest BCUT2D eigenvalue weighted by molar-refractivity contribution is 0.639. The zero-order valence-corrected chi connectivity index (χ0v) is 30.2. The first-order valence-electron chi connectivity index (χ1n) is 18.9. The van der Waals surface area contributed by atoms with Gasteiger partial charge in [-0.05, 0) is 141 Å². The Balaban J connectivity index is 1.01. The fourth-order valence-corrected chi connectivity index (χ4v) is 11.2. The van der Waals surface area contributed by atoms with Crippen LogP contribution in [0.2, 0.25) is 0 Å². The van der Waals surface area contributed by atoms with Crippen molar-refractivity contribution in [3.63, 3.8) is 0 Å². The molecule has 0 bridgehead atoms. The van der Waals surface area contributed by atoms with Crippen LogP contribution in [0.1, 0.15) is 51.7 Å². The van der Waals surface area contributed by atoms with E-state index in [1.807, 2.05) is 0 Å². The largest absolute Gasteiger partial charge is 0.334 e. The van der Waals surface area contributed by atoms with Crippen molar-refractivity contribution < 1.29 is 0 Å². The highest BCUT2D eigenvalue weighted by molar-refractivity contribution is 6.27. The second-order valence-electron chi connectivity index (χ2n) is 17.0. The molecule has 8 aromatic rings. The lowest BCUT2D eigenvalue weighted by atomic mass is 9.85. The highest BCUT2D eigenvalue weighted by atomic mass is 15.3. The van der Waals surface area contributed by atoms with E-state index in [-0.39, 0.29) is 21.9 Å². The number of benzene rings is 8. The zero-order valence-electron chi connectivity index (χ0n) is 30.2. The van der Waals surface area contributed by atoms with E-state index in [1.54, 1.807) is 0 Å². The van der Waals surface area contributed by atoms with Crippen LogP contribution in [0.25, 0.3) is 54.6 Å². The number of hydrogen-bond donors (Lipinski definition) is 0. The van der Waals surface area contributed by atoms with Gasteiger partial charge in [-0.3, -0.25) is 0 Å². The summed E-state index contributed by atoms with van der Waals surface area (Å²) in [6.45, 7) is 9.81. The molecule has 2 aliphatic heterocycles. The number of nitrogens with zero attached hydrogens (tertiary/aromatic N) is 2. The molecule has 52 heavy (non-hydrogen) atoms. The van der Waals surface area contributed by atoms with Crippen molar-refractivity contribution in [2.24, 2.45) is 0 Å². The molecule has 0 saturated heterocycles. The van der Waals surface area contributed by atoms with E-state index < -0.39 is 0 Å². The molecule has 2 heteroatoms. The summed E-state index contributed by atoms with van der Waals surface area (Å²) in [5, 5.41) is 8.04. The number of anilines is 4. The molecule has 2 fully saturated rings. The van der Waals surface area contributed by atoms with Gasteiger partial charge in [0.25, 0.3) is 0 Å². The molecule has 0 amide bonds. The molecule has 4 unspecified atom stereocenters. The second-order valence-corrected chi connectivity index (χ2v) is 17.0. The fraction of sp³-hybridized carbons (Fsp3) is 0.200. The predicted octanol–water partition coefficient (Wildman–Crippen LogP) is 13.1. The van der Waals surface area contributed by atoms with E-state index in [2.05, 4.69) is 183 Å². The Morgan fingerprint density at radius 1 is 0.423 bits per heavy atom. The van der Waals surface area contributed by atoms with Crippen molar-refractivity contribution in [2.75, 3.05) is 9.80 Å². The Bertz CT molecular complexity index is 2630. The molecule has 0 aromatic heterocycles. The summed E-state index contributed by atoms with van der Waals surface area (Å²) in [4.78, 5) is 5.19. The highest BCUT2D eigenvalue weighted by Crippen LogP contribution is 2.72. The Labute approximate surface area is 305 Å². The molecule has 8 aromatic carbocycles. The predicted molar refractivity (Wildman–Crippen MR) is 219 cm³/mol. The first-order valence-corrected chi connectivity index (χ1v) is 18.9. The molecule has 4 atom stereocenters. The van der Waals surface area contributed by atoms with Gasteiger partial charge < -0.3 is 9.80 Å². The van der Waals surface area contributed by atoms with Gasteiger partial charge in [-0.1, -0.05) is 111 Å². The summed E-state index contributed by atoms with van der Waals surface area (Å²) < 4.78 is 0. The van der Waals surface area contributed by atoms with Crippen LogP contribution in [-0.4, -0.2) is 11.1 Å². The topological polar surface area (TPSA) is 6.48 Å². The summed E-state index contributed by atoms with van der Waals surface area (Å²) in [6.07, 6.45) is 2.36. The molecule has 0 N–H and O–H groups in total. The summed E-state index contributed by atoms with van der Waals surface area (Å²) in [5.41, 5.74) is 14.0. The highest BCUT2D eigenvalue weighted by Gasteiger charge is 2.71. The van der Waals surface area contributed by atoms with Gasteiger partial charge in [0.05, 0.1) is 11.1 Å². The molecule has 0 spiro atoms. The second kappa shape index (κ2) is 9.24. The standard InChI is InChI=1S/C50H40N2/c1-47-29-49(47,3)51(35-11-7-5-8-12-35)43-25-19-33(27-41(43)47)37-21-15-31-18-24-40-38(22-16-32-17-23-39(37)45(31)46(32)40)34-20-26-44-42(28-34)48(2)30-50(48,4)52(44)36-13-9-6-10-14-36/h5-28H,29-30H2,1-4H3. The SMILES string of the molecule is CC12CC1(C)N(c1ccccc1)c1ccc(-c3ccc4ccc5c(-c6ccc7c(c6)C6(C)CC6(C)N7c6ccccc6)ccc6ccc3c4c65)cc12. The number of fused-ring (bicyclic) bond motifs is 6. The van der Waals surface area contributed by atoms with Crippen LogP contribution in [-0.2, 0) is 10.8 Å². The van der Waals surface area contributed by atoms with Crippen LogP contribution in [0.15, 0.2) is 146 Å². The van der Waals surface area contributed by atoms with Crippen molar-refractivity contribution >= 4 is 55.1 Å². The van der Waals surface area contributed by atoms with Crippen LogP contribution < -0.4 is 9.80 Å². The van der Waals surface area contributed by atoms with E-state index in [0.717, 1.165) is 0 Å². The third-order valence-corrected chi connectivity index (χ3v) is 14.5. The van der Waals surface area contributed by atoms with Crippen LogP contribution in [0.4, 0.5) is 22.7 Å². The molecule has 2 aliphatic carbocycles. The summed E-state index contributed by atoms with van der Waals surface area (Å²) in [6, 6.07) is 55.2. The minimum Gasteiger partial charge on any atom is -0.334 e. The Morgan fingerprint density at radius 3 is 1.25 bits per heavy atom. The van der Waals surface area contributed by atoms with Crippen molar-refractivity contribution in [3.05, 3.63) is 157 Å². The smallest absolute Gasteiger partial charge is 0.0528 e. The van der Waals surface area contributed by atoms with Crippen LogP contribution in [0, 0.1) is 0 Å². The quantitative estimate of drug-likeness (QED) is 0.172. The molecule has 12 rings (SSSR count). The monoisotopic (exact) mass is 668 g/mol. The Morgan fingerprint density at radius 2 is 0.827 bits per heavy atom. The maximum Gasteiger partial charge on any atom is 0.0528 e. The third kappa shape index (κ3) is 3.33. The lowest BCUT2D eigenvalue weighted by Gasteiger charge is -2.29. The van der Waals surface area contributed by atoms with Gasteiger partial charge in [0.2, 0.25) is 0 Å². The maximum atomic E-state index is 2.60. The molecule has 250 valence electrons.